The summed E-state index contributed by atoms with van der Waals surface area (Å²) >= 11 is 0. The maximum atomic E-state index is 12.6. The molecule has 2 rings (SSSR count). The minimum absolute atomic E-state index is 0.0854. The average Bonchev–Trinajstić information content (AvgIpc) is 2.46. The Bertz CT molecular complexity index is 578. The molecule has 96 valence electrons. The molecule has 19 heavy (non-hydrogen) atoms. The summed E-state index contributed by atoms with van der Waals surface area (Å²) in [7, 11) is 0. The second kappa shape index (κ2) is 5.77. The van der Waals surface area contributed by atoms with E-state index in [9.17, 15) is 14.0 Å². The Kier molecular flexibility index (Phi) is 3.87. The maximum Gasteiger partial charge on any atom is 0.386 e. The molecular formula is C14H9FO4. The highest BCUT2D eigenvalue weighted by Crippen LogP contribution is 2.06. The van der Waals surface area contributed by atoms with Gasteiger partial charge in [0.2, 0.25) is 0 Å². The molecule has 0 fully saturated rings. The summed E-state index contributed by atoms with van der Waals surface area (Å²) in [6.07, 6.45) is 0. The van der Waals surface area contributed by atoms with Crippen LogP contribution in [0.3, 0.4) is 0 Å². The lowest BCUT2D eigenvalue weighted by Gasteiger charge is -2.03. The van der Waals surface area contributed by atoms with Gasteiger partial charge in [-0.25, -0.2) is 23.8 Å². The van der Waals surface area contributed by atoms with Gasteiger partial charge in [-0.1, -0.05) is 18.2 Å². The molecule has 5 heteroatoms. The van der Waals surface area contributed by atoms with E-state index in [-0.39, 0.29) is 11.1 Å². The number of rotatable bonds is 2. The van der Waals surface area contributed by atoms with Gasteiger partial charge in [-0.3, -0.25) is 0 Å². The molecule has 2 aromatic rings. The third-order valence-electron chi connectivity index (χ3n) is 2.28. The second-order valence-corrected chi connectivity index (χ2v) is 3.61. The molecule has 0 heterocycles. The van der Waals surface area contributed by atoms with Crippen LogP contribution in [0.15, 0.2) is 54.6 Å². The molecule has 0 unspecified atom stereocenters. The summed E-state index contributed by atoms with van der Waals surface area (Å²) in [5.74, 6) is -2.13. The molecule has 0 radical (unpaired) electrons. The van der Waals surface area contributed by atoms with Crippen molar-refractivity contribution in [2.24, 2.45) is 0 Å². The van der Waals surface area contributed by atoms with Gasteiger partial charge in [0, 0.05) is 0 Å². The number of hydrogen-bond acceptors (Lipinski definition) is 4. The summed E-state index contributed by atoms with van der Waals surface area (Å²) in [5, 5.41) is 0. The lowest BCUT2D eigenvalue weighted by molar-refractivity contribution is -0.187. The molecule has 0 N–H and O–H groups in total. The minimum Gasteiger partial charge on any atom is -0.242 e. The van der Waals surface area contributed by atoms with Crippen molar-refractivity contribution in [3.8, 4) is 0 Å². The Balaban J connectivity index is 1.94. The minimum atomic E-state index is -0.871. The topological polar surface area (TPSA) is 52.6 Å². The predicted octanol–water partition coefficient (Wildman–Crippen LogP) is 2.75. The average molecular weight is 260 g/mol. The summed E-state index contributed by atoms with van der Waals surface area (Å²) < 4.78 is 12.6. The van der Waals surface area contributed by atoms with Gasteiger partial charge in [0.05, 0.1) is 11.1 Å². The quantitative estimate of drug-likeness (QED) is 0.615. The monoisotopic (exact) mass is 260 g/mol. The number of carbonyl (C=O) groups excluding carboxylic acids is 2. The van der Waals surface area contributed by atoms with Crippen LogP contribution >= 0.6 is 0 Å². The van der Waals surface area contributed by atoms with Crippen LogP contribution in [0.1, 0.15) is 20.7 Å². The van der Waals surface area contributed by atoms with Crippen molar-refractivity contribution in [3.05, 3.63) is 71.5 Å². The smallest absolute Gasteiger partial charge is 0.242 e. The first-order valence-corrected chi connectivity index (χ1v) is 5.40. The Labute approximate surface area is 108 Å². The van der Waals surface area contributed by atoms with Crippen LogP contribution in [0.5, 0.6) is 0 Å². The van der Waals surface area contributed by atoms with Crippen molar-refractivity contribution in [2.45, 2.75) is 0 Å². The van der Waals surface area contributed by atoms with Gasteiger partial charge >= 0.3 is 11.9 Å². The molecule has 0 amide bonds. The molecule has 0 aliphatic heterocycles. The van der Waals surface area contributed by atoms with E-state index in [0.29, 0.717) is 0 Å². The molecule has 0 saturated carbocycles. The molecule has 0 aliphatic carbocycles. The van der Waals surface area contributed by atoms with Crippen LogP contribution in [0.4, 0.5) is 4.39 Å². The molecule has 0 bridgehead atoms. The van der Waals surface area contributed by atoms with E-state index in [1.165, 1.54) is 24.3 Å². The normalized spacial score (nSPS) is 9.74. The van der Waals surface area contributed by atoms with Crippen molar-refractivity contribution in [1.82, 2.24) is 0 Å². The standard InChI is InChI=1S/C14H9FO4/c15-12-8-6-11(7-9-12)14(17)19-18-13(16)10-4-2-1-3-5-10/h1-9H. The molecular weight excluding hydrogens is 251 g/mol. The Hall–Kier alpha value is -2.69. The molecule has 2 aromatic carbocycles. The molecule has 0 aliphatic rings. The Morgan fingerprint density at radius 2 is 1.21 bits per heavy atom. The lowest BCUT2D eigenvalue weighted by atomic mass is 10.2. The first kappa shape index (κ1) is 12.8. The van der Waals surface area contributed by atoms with Crippen molar-refractivity contribution >= 4 is 11.9 Å². The Morgan fingerprint density at radius 3 is 1.74 bits per heavy atom. The van der Waals surface area contributed by atoms with E-state index in [0.717, 1.165) is 12.1 Å². The summed E-state index contributed by atoms with van der Waals surface area (Å²) in [6.45, 7) is 0. The van der Waals surface area contributed by atoms with Gasteiger partial charge in [0.15, 0.2) is 0 Å². The van der Waals surface area contributed by atoms with Gasteiger partial charge in [-0.2, -0.15) is 0 Å². The fraction of sp³-hybridized carbons (Fsp3) is 0. The largest absolute Gasteiger partial charge is 0.386 e. The van der Waals surface area contributed by atoms with Crippen LogP contribution in [-0.2, 0) is 9.78 Å². The van der Waals surface area contributed by atoms with E-state index < -0.39 is 17.8 Å². The highest BCUT2D eigenvalue weighted by Gasteiger charge is 2.13. The maximum absolute atomic E-state index is 12.6. The van der Waals surface area contributed by atoms with Crippen molar-refractivity contribution in [1.29, 1.82) is 0 Å². The number of carbonyl (C=O) groups is 2. The zero-order valence-electron chi connectivity index (χ0n) is 9.71. The van der Waals surface area contributed by atoms with Crippen LogP contribution in [-0.4, -0.2) is 11.9 Å². The second-order valence-electron chi connectivity index (χ2n) is 3.61. The van der Waals surface area contributed by atoms with Crippen molar-refractivity contribution in [2.75, 3.05) is 0 Å². The van der Waals surface area contributed by atoms with Crippen molar-refractivity contribution < 1.29 is 23.8 Å². The zero-order valence-corrected chi connectivity index (χ0v) is 9.71. The van der Waals surface area contributed by atoms with E-state index in [1.807, 2.05) is 0 Å². The summed E-state index contributed by atoms with van der Waals surface area (Å²) in [6, 6.07) is 12.8. The first-order chi connectivity index (χ1) is 9.16. The van der Waals surface area contributed by atoms with Gasteiger partial charge in [0.1, 0.15) is 5.82 Å². The molecule has 0 spiro atoms. The Morgan fingerprint density at radius 1 is 0.737 bits per heavy atom. The number of hydrogen-bond donors (Lipinski definition) is 0. The van der Waals surface area contributed by atoms with Crippen LogP contribution < -0.4 is 0 Å². The van der Waals surface area contributed by atoms with E-state index in [4.69, 9.17) is 0 Å². The molecule has 4 nitrogen and oxygen atoms in total. The predicted molar refractivity (Wildman–Crippen MR) is 63.7 cm³/mol. The lowest BCUT2D eigenvalue weighted by Crippen LogP contribution is -2.11. The highest BCUT2D eigenvalue weighted by atomic mass is 19.1. The number of halogens is 1. The van der Waals surface area contributed by atoms with E-state index >= 15 is 0 Å². The SMILES string of the molecule is O=C(OOC(=O)c1ccc(F)cc1)c1ccccc1. The summed E-state index contributed by atoms with van der Waals surface area (Å²) in [4.78, 5) is 31.7. The van der Waals surface area contributed by atoms with Crippen LogP contribution in [0.2, 0.25) is 0 Å². The fourth-order valence-electron chi connectivity index (χ4n) is 1.33. The van der Waals surface area contributed by atoms with Gasteiger partial charge in [0.25, 0.3) is 0 Å². The van der Waals surface area contributed by atoms with Crippen molar-refractivity contribution in [3.63, 3.8) is 0 Å². The van der Waals surface area contributed by atoms with Gasteiger partial charge in [-0.15, -0.1) is 0 Å². The first-order valence-electron chi connectivity index (χ1n) is 5.40. The van der Waals surface area contributed by atoms with Gasteiger partial charge < -0.3 is 0 Å². The highest BCUT2D eigenvalue weighted by molar-refractivity contribution is 5.92. The molecule has 0 aromatic heterocycles. The fourth-order valence-corrected chi connectivity index (χ4v) is 1.33. The third-order valence-corrected chi connectivity index (χ3v) is 2.28. The third kappa shape index (κ3) is 3.38. The number of benzene rings is 2. The van der Waals surface area contributed by atoms with E-state index in [1.54, 1.807) is 18.2 Å². The molecule has 0 atom stereocenters. The van der Waals surface area contributed by atoms with Gasteiger partial charge in [-0.05, 0) is 36.4 Å². The van der Waals surface area contributed by atoms with E-state index in [2.05, 4.69) is 9.78 Å². The van der Waals surface area contributed by atoms with Crippen LogP contribution in [0, 0.1) is 5.82 Å². The molecule has 0 saturated heterocycles. The zero-order chi connectivity index (χ0) is 13.7. The van der Waals surface area contributed by atoms with Crippen LogP contribution in [0.25, 0.3) is 0 Å². The summed E-state index contributed by atoms with van der Waals surface area (Å²) in [5.41, 5.74) is 0.344.